The topological polar surface area (TPSA) is 38.3 Å². The molecule has 3 rings (SSSR count). The molecule has 0 bridgehead atoms. The molecule has 1 heterocycles. The first kappa shape index (κ1) is 18.4. The molecular weight excluding hydrogens is 402 g/mol. The molecule has 1 aliphatic heterocycles. The second-order valence-corrected chi connectivity index (χ2v) is 7.89. The number of halogens is 2. The molecule has 0 unspecified atom stereocenters. The summed E-state index contributed by atoms with van der Waals surface area (Å²) in [6.07, 6.45) is 1.78. The standard InChI is InChI=1S/C20H21BrClNO2/c1-14-3-2-4-15(11-14)20(7-9-25-10-8-20)13-23-19(24)17-12-16(21)5-6-18(17)22/h2-6,11-12H,7-10,13H2,1H3,(H,23,24). The van der Waals surface area contributed by atoms with Crippen molar-refractivity contribution in [2.75, 3.05) is 19.8 Å². The molecule has 0 spiro atoms. The lowest BCUT2D eigenvalue weighted by Gasteiger charge is -2.38. The van der Waals surface area contributed by atoms with Gasteiger partial charge in [0.2, 0.25) is 0 Å². The number of benzene rings is 2. The Morgan fingerprint density at radius 3 is 2.72 bits per heavy atom. The zero-order valence-electron chi connectivity index (χ0n) is 14.1. The van der Waals surface area contributed by atoms with E-state index in [1.54, 1.807) is 12.1 Å². The third-order valence-corrected chi connectivity index (χ3v) is 5.66. The number of ether oxygens (including phenoxy) is 1. The van der Waals surface area contributed by atoms with Crippen LogP contribution >= 0.6 is 27.5 Å². The average molecular weight is 423 g/mol. The lowest BCUT2D eigenvalue weighted by atomic mass is 9.73. The molecule has 3 nitrogen and oxygen atoms in total. The minimum Gasteiger partial charge on any atom is -0.381 e. The number of aryl methyl sites for hydroxylation is 1. The number of rotatable bonds is 4. The molecule has 1 amide bonds. The molecule has 0 radical (unpaired) electrons. The van der Waals surface area contributed by atoms with Gasteiger partial charge in [0.1, 0.15) is 0 Å². The van der Waals surface area contributed by atoms with E-state index in [0.29, 0.717) is 30.3 Å². The number of carbonyl (C=O) groups excluding carboxylic acids is 1. The Morgan fingerprint density at radius 1 is 1.24 bits per heavy atom. The average Bonchev–Trinajstić information content (AvgIpc) is 2.62. The van der Waals surface area contributed by atoms with Crippen LogP contribution in [0.15, 0.2) is 46.9 Å². The minimum absolute atomic E-state index is 0.0988. The summed E-state index contributed by atoms with van der Waals surface area (Å²) in [5.74, 6) is -0.148. The third-order valence-electron chi connectivity index (χ3n) is 4.84. The van der Waals surface area contributed by atoms with Crippen LogP contribution in [0.5, 0.6) is 0 Å². The first-order chi connectivity index (χ1) is 12.0. The first-order valence-corrected chi connectivity index (χ1v) is 9.55. The van der Waals surface area contributed by atoms with Gasteiger partial charge in [-0.05, 0) is 43.5 Å². The molecule has 0 saturated carbocycles. The summed E-state index contributed by atoms with van der Waals surface area (Å²) in [6, 6.07) is 13.8. The van der Waals surface area contributed by atoms with Gasteiger partial charge >= 0.3 is 0 Å². The number of hydrogen-bond donors (Lipinski definition) is 1. The molecular formula is C20H21BrClNO2. The van der Waals surface area contributed by atoms with Crippen LogP contribution in [0.3, 0.4) is 0 Å². The summed E-state index contributed by atoms with van der Waals surface area (Å²) >= 11 is 9.58. The molecule has 5 heteroatoms. The van der Waals surface area contributed by atoms with Crippen molar-refractivity contribution in [3.8, 4) is 0 Å². The Morgan fingerprint density at radius 2 is 2.00 bits per heavy atom. The van der Waals surface area contributed by atoms with E-state index < -0.39 is 0 Å². The van der Waals surface area contributed by atoms with E-state index >= 15 is 0 Å². The Bertz CT molecular complexity index is 772. The molecule has 1 saturated heterocycles. The molecule has 2 aromatic rings. The maximum absolute atomic E-state index is 12.7. The number of nitrogens with one attached hydrogen (secondary N) is 1. The molecule has 2 aromatic carbocycles. The quantitative estimate of drug-likeness (QED) is 0.762. The van der Waals surface area contributed by atoms with Gasteiger partial charge in [0.15, 0.2) is 0 Å². The fourth-order valence-corrected chi connectivity index (χ4v) is 3.89. The van der Waals surface area contributed by atoms with Crippen molar-refractivity contribution >= 4 is 33.4 Å². The number of amides is 1. The van der Waals surface area contributed by atoms with Crippen LogP contribution < -0.4 is 5.32 Å². The van der Waals surface area contributed by atoms with Gasteiger partial charge in [0, 0.05) is 29.6 Å². The van der Waals surface area contributed by atoms with Crippen molar-refractivity contribution in [3.05, 3.63) is 68.7 Å². The second-order valence-electron chi connectivity index (χ2n) is 6.57. The van der Waals surface area contributed by atoms with Crippen LogP contribution in [0.4, 0.5) is 0 Å². The van der Waals surface area contributed by atoms with Gasteiger partial charge in [-0.15, -0.1) is 0 Å². The monoisotopic (exact) mass is 421 g/mol. The van der Waals surface area contributed by atoms with E-state index in [9.17, 15) is 4.79 Å². The van der Waals surface area contributed by atoms with Gasteiger partial charge in [-0.2, -0.15) is 0 Å². The number of hydrogen-bond acceptors (Lipinski definition) is 2. The van der Waals surface area contributed by atoms with Crippen LogP contribution in [-0.4, -0.2) is 25.7 Å². The number of carbonyl (C=O) groups is 1. The summed E-state index contributed by atoms with van der Waals surface area (Å²) in [5.41, 5.74) is 2.88. The van der Waals surface area contributed by atoms with Crippen LogP contribution in [0.25, 0.3) is 0 Å². The Labute approximate surface area is 161 Å². The molecule has 25 heavy (non-hydrogen) atoms. The summed E-state index contributed by atoms with van der Waals surface area (Å²) in [6.45, 7) is 4.08. The zero-order chi connectivity index (χ0) is 17.9. The summed E-state index contributed by atoms with van der Waals surface area (Å²) < 4.78 is 6.40. The second kappa shape index (κ2) is 7.90. The summed E-state index contributed by atoms with van der Waals surface area (Å²) in [5, 5.41) is 3.55. The molecule has 0 atom stereocenters. The van der Waals surface area contributed by atoms with E-state index in [1.807, 2.05) is 6.07 Å². The maximum Gasteiger partial charge on any atom is 0.252 e. The highest BCUT2D eigenvalue weighted by atomic mass is 79.9. The zero-order valence-corrected chi connectivity index (χ0v) is 16.5. The largest absolute Gasteiger partial charge is 0.381 e. The van der Waals surface area contributed by atoms with Gasteiger partial charge in [-0.3, -0.25) is 4.79 Å². The van der Waals surface area contributed by atoms with E-state index in [0.717, 1.165) is 17.3 Å². The Kier molecular flexibility index (Phi) is 5.82. The predicted molar refractivity (Wildman–Crippen MR) is 104 cm³/mol. The van der Waals surface area contributed by atoms with Gasteiger partial charge < -0.3 is 10.1 Å². The van der Waals surface area contributed by atoms with Gasteiger partial charge in [-0.25, -0.2) is 0 Å². The van der Waals surface area contributed by atoms with Crippen molar-refractivity contribution in [2.24, 2.45) is 0 Å². The van der Waals surface area contributed by atoms with Crippen molar-refractivity contribution in [1.29, 1.82) is 0 Å². The fourth-order valence-electron chi connectivity index (χ4n) is 3.32. The third kappa shape index (κ3) is 4.25. The molecule has 0 aromatic heterocycles. The van der Waals surface area contributed by atoms with Crippen molar-refractivity contribution in [3.63, 3.8) is 0 Å². The van der Waals surface area contributed by atoms with Crippen molar-refractivity contribution < 1.29 is 9.53 Å². The molecule has 0 aliphatic carbocycles. The fraction of sp³-hybridized carbons (Fsp3) is 0.350. The maximum atomic E-state index is 12.7. The summed E-state index contributed by atoms with van der Waals surface area (Å²) in [7, 11) is 0. The molecule has 132 valence electrons. The molecule has 1 fully saturated rings. The lowest BCUT2D eigenvalue weighted by molar-refractivity contribution is 0.0487. The smallest absolute Gasteiger partial charge is 0.252 e. The van der Waals surface area contributed by atoms with E-state index in [1.165, 1.54) is 11.1 Å². The van der Waals surface area contributed by atoms with Gasteiger partial charge in [0.25, 0.3) is 5.91 Å². The highest BCUT2D eigenvalue weighted by Crippen LogP contribution is 2.35. The van der Waals surface area contributed by atoms with Crippen LogP contribution in [-0.2, 0) is 10.2 Å². The molecule has 1 aliphatic rings. The van der Waals surface area contributed by atoms with Crippen LogP contribution in [0.1, 0.15) is 34.3 Å². The first-order valence-electron chi connectivity index (χ1n) is 8.38. The highest BCUT2D eigenvalue weighted by Gasteiger charge is 2.35. The normalized spacial score (nSPS) is 16.4. The van der Waals surface area contributed by atoms with Crippen LogP contribution in [0.2, 0.25) is 5.02 Å². The lowest BCUT2D eigenvalue weighted by Crippen LogP contribution is -2.44. The van der Waals surface area contributed by atoms with E-state index in [4.69, 9.17) is 16.3 Å². The van der Waals surface area contributed by atoms with Crippen molar-refractivity contribution in [1.82, 2.24) is 5.32 Å². The van der Waals surface area contributed by atoms with E-state index in [2.05, 4.69) is 52.4 Å². The van der Waals surface area contributed by atoms with Gasteiger partial charge in [-0.1, -0.05) is 57.4 Å². The predicted octanol–water partition coefficient (Wildman–Crippen LogP) is 4.89. The Balaban J connectivity index is 1.82. The van der Waals surface area contributed by atoms with Crippen LogP contribution in [0, 0.1) is 6.92 Å². The summed E-state index contributed by atoms with van der Waals surface area (Å²) in [4.78, 5) is 12.7. The Hall–Kier alpha value is -1.36. The SMILES string of the molecule is Cc1cccc(C2(CNC(=O)c3cc(Br)ccc3Cl)CCOCC2)c1. The van der Waals surface area contributed by atoms with Gasteiger partial charge in [0.05, 0.1) is 10.6 Å². The van der Waals surface area contributed by atoms with E-state index in [-0.39, 0.29) is 11.3 Å². The molecule has 1 N–H and O–H groups in total. The highest BCUT2D eigenvalue weighted by molar-refractivity contribution is 9.10. The van der Waals surface area contributed by atoms with Crippen molar-refractivity contribution in [2.45, 2.75) is 25.2 Å². The minimum atomic E-state index is -0.148.